The molecule has 4 nitrogen and oxygen atoms in total. The Kier molecular flexibility index (Phi) is 3.36. The fraction of sp³-hybridized carbons (Fsp3) is 0.200. The van der Waals surface area contributed by atoms with Gasteiger partial charge in [0.25, 0.3) is 0 Å². The molecule has 0 aliphatic carbocycles. The third-order valence-corrected chi connectivity index (χ3v) is 4.37. The number of hydrogen-bond donors (Lipinski definition) is 0. The molecule has 0 N–H and O–H groups in total. The van der Waals surface area contributed by atoms with Gasteiger partial charge in [0.2, 0.25) is 5.56 Å². The normalized spacial score (nSPS) is 18.2. The number of carbonyl (C=O) groups is 1. The zero-order chi connectivity index (χ0) is 14.1. The molecule has 0 amide bonds. The number of ether oxygens (including phenoxy) is 1. The molecule has 1 aromatic carbocycles. The predicted octanol–water partition coefficient (Wildman–Crippen LogP) is 3.22. The summed E-state index contributed by atoms with van der Waals surface area (Å²) in [5.41, 5.74) is 1.90. The van der Waals surface area contributed by atoms with Crippen molar-refractivity contribution in [3.05, 3.63) is 53.2 Å². The van der Waals surface area contributed by atoms with Gasteiger partial charge in [0.05, 0.1) is 5.52 Å². The largest absolute Gasteiger partial charge is 0.427 e. The molecule has 2 aromatic rings. The number of para-hydroxylation sites is 1. The van der Waals surface area contributed by atoms with Gasteiger partial charge in [-0.3, -0.25) is 0 Å². The molecule has 1 unspecified atom stereocenters. The molecule has 5 heteroatoms. The topological polar surface area (TPSA) is 42.4 Å². The van der Waals surface area contributed by atoms with Crippen LogP contribution in [-0.4, -0.2) is 28.5 Å². The Morgan fingerprint density at radius 3 is 2.85 bits per heavy atom. The third-order valence-electron chi connectivity index (χ3n) is 3.24. The monoisotopic (exact) mass is 286 g/mol. The maximum Gasteiger partial charge on any atom is 0.359 e. The molecular formula is C15H14N2O2S. The number of pyridine rings is 1. The number of rotatable bonds is 2. The fourth-order valence-corrected chi connectivity index (χ4v) is 2.91. The highest BCUT2D eigenvalue weighted by molar-refractivity contribution is 8.02. The van der Waals surface area contributed by atoms with E-state index in [-0.39, 0.29) is 5.56 Å². The summed E-state index contributed by atoms with van der Waals surface area (Å²) in [4.78, 5) is 18.4. The zero-order valence-electron chi connectivity index (χ0n) is 11.2. The highest BCUT2D eigenvalue weighted by Gasteiger charge is 2.25. The quantitative estimate of drug-likeness (QED) is 0.793. The average Bonchev–Trinajstić information content (AvgIpc) is 2.78. The Balaban J connectivity index is 1.79. The first-order chi connectivity index (χ1) is 9.65. The molecule has 1 atom stereocenters. The minimum Gasteiger partial charge on any atom is -0.427 e. The van der Waals surface area contributed by atoms with Crippen LogP contribution in [-0.2, 0) is 4.74 Å². The lowest BCUT2D eigenvalue weighted by molar-refractivity contribution is 0.0235. The Hall–Kier alpha value is -2.01. The molecule has 0 spiro atoms. The van der Waals surface area contributed by atoms with E-state index in [0.717, 1.165) is 16.6 Å². The van der Waals surface area contributed by atoms with Gasteiger partial charge in [-0.15, -0.1) is 0 Å². The van der Waals surface area contributed by atoms with E-state index < -0.39 is 5.97 Å². The Bertz CT molecular complexity index is 699. The number of fused-ring (bicyclic) bond motifs is 1. The van der Waals surface area contributed by atoms with E-state index >= 15 is 0 Å². The number of hydrogen-bond acceptors (Lipinski definition) is 5. The van der Waals surface area contributed by atoms with Crippen molar-refractivity contribution in [2.24, 2.45) is 0 Å². The van der Waals surface area contributed by atoms with E-state index in [0.29, 0.717) is 5.69 Å². The SMILES string of the molecule is CC1=CSC(OC(=O)c2ccc3ccccc3n2)N1C. The number of esters is 1. The van der Waals surface area contributed by atoms with Crippen molar-refractivity contribution in [3.8, 4) is 0 Å². The van der Waals surface area contributed by atoms with Crippen LogP contribution in [0.3, 0.4) is 0 Å². The summed E-state index contributed by atoms with van der Waals surface area (Å²) < 4.78 is 5.46. The van der Waals surface area contributed by atoms with Gasteiger partial charge < -0.3 is 9.64 Å². The van der Waals surface area contributed by atoms with Crippen molar-refractivity contribution in [1.29, 1.82) is 0 Å². The molecule has 0 radical (unpaired) electrons. The van der Waals surface area contributed by atoms with Crippen molar-refractivity contribution < 1.29 is 9.53 Å². The van der Waals surface area contributed by atoms with Crippen LogP contribution in [0.15, 0.2) is 47.5 Å². The van der Waals surface area contributed by atoms with Crippen molar-refractivity contribution in [3.63, 3.8) is 0 Å². The Morgan fingerprint density at radius 2 is 2.10 bits per heavy atom. The van der Waals surface area contributed by atoms with Crippen molar-refractivity contribution >= 4 is 28.6 Å². The number of benzene rings is 1. The van der Waals surface area contributed by atoms with Gasteiger partial charge >= 0.3 is 5.97 Å². The summed E-state index contributed by atoms with van der Waals surface area (Å²) in [5, 5.41) is 2.99. The van der Waals surface area contributed by atoms with Crippen molar-refractivity contribution in [1.82, 2.24) is 9.88 Å². The summed E-state index contributed by atoms with van der Waals surface area (Å²) in [6.45, 7) is 1.98. The maximum absolute atomic E-state index is 12.1. The van der Waals surface area contributed by atoms with Gasteiger partial charge in [-0.1, -0.05) is 36.0 Å². The molecule has 20 heavy (non-hydrogen) atoms. The minimum atomic E-state index is -0.400. The van der Waals surface area contributed by atoms with E-state index in [9.17, 15) is 4.79 Å². The molecule has 3 rings (SSSR count). The zero-order valence-corrected chi connectivity index (χ0v) is 12.1. The molecule has 1 aliphatic heterocycles. The smallest absolute Gasteiger partial charge is 0.359 e. The highest BCUT2D eigenvalue weighted by Crippen LogP contribution is 2.30. The second kappa shape index (κ2) is 5.17. The summed E-state index contributed by atoms with van der Waals surface area (Å²) in [7, 11) is 1.90. The van der Waals surface area contributed by atoms with E-state index in [1.165, 1.54) is 11.8 Å². The van der Waals surface area contributed by atoms with Crippen LogP contribution in [0, 0.1) is 0 Å². The standard InChI is InChI=1S/C15H14N2O2S/c1-10-9-20-15(17(10)2)19-14(18)13-8-7-11-5-3-4-6-12(11)16-13/h3-9,15H,1-2H3. The molecule has 0 saturated carbocycles. The molecule has 1 aliphatic rings. The third kappa shape index (κ3) is 2.36. The molecule has 102 valence electrons. The van der Waals surface area contributed by atoms with Crippen LogP contribution in [0.5, 0.6) is 0 Å². The van der Waals surface area contributed by atoms with Gasteiger partial charge in [0.15, 0.2) is 0 Å². The summed E-state index contributed by atoms with van der Waals surface area (Å²) in [5.74, 6) is -0.400. The predicted molar refractivity (Wildman–Crippen MR) is 80.1 cm³/mol. The highest BCUT2D eigenvalue weighted by atomic mass is 32.2. The first-order valence-corrected chi connectivity index (χ1v) is 7.21. The molecule has 0 fully saturated rings. The molecule has 0 saturated heterocycles. The average molecular weight is 286 g/mol. The first kappa shape index (κ1) is 13.0. The van der Waals surface area contributed by atoms with E-state index in [1.807, 2.05) is 54.6 Å². The van der Waals surface area contributed by atoms with Crippen LogP contribution in [0.2, 0.25) is 0 Å². The van der Waals surface area contributed by atoms with E-state index in [1.54, 1.807) is 6.07 Å². The number of nitrogens with zero attached hydrogens (tertiary/aromatic N) is 2. The lowest BCUT2D eigenvalue weighted by Crippen LogP contribution is -2.28. The van der Waals surface area contributed by atoms with E-state index in [2.05, 4.69) is 4.98 Å². The van der Waals surface area contributed by atoms with Gasteiger partial charge in [0, 0.05) is 18.1 Å². The van der Waals surface area contributed by atoms with E-state index in [4.69, 9.17) is 4.74 Å². The van der Waals surface area contributed by atoms with Crippen LogP contribution in [0.25, 0.3) is 10.9 Å². The Labute approximate surface area is 121 Å². The lowest BCUT2D eigenvalue weighted by Gasteiger charge is -2.22. The van der Waals surface area contributed by atoms with Crippen LogP contribution in [0.1, 0.15) is 17.4 Å². The summed E-state index contributed by atoms with van der Waals surface area (Å²) in [6.07, 6.45) is 0. The second-order valence-corrected chi connectivity index (χ2v) is 5.52. The van der Waals surface area contributed by atoms with Crippen LogP contribution >= 0.6 is 11.8 Å². The molecule has 2 heterocycles. The molecular weight excluding hydrogens is 272 g/mol. The lowest BCUT2D eigenvalue weighted by atomic mass is 10.2. The Morgan fingerprint density at radius 1 is 1.30 bits per heavy atom. The van der Waals surface area contributed by atoms with Crippen LogP contribution < -0.4 is 0 Å². The van der Waals surface area contributed by atoms with Crippen molar-refractivity contribution in [2.45, 2.75) is 12.5 Å². The number of allylic oxidation sites excluding steroid dienone is 1. The van der Waals surface area contributed by atoms with Gasteiger partial charge in [-0.05, 0) is 24.5 Å². The molecule has 0 bridgehead atoms. The number of aromatic nitrogens is 1. The van der Waals surface area contributed by atoms with Gasteiger partial charge in [0.1, 0.15) is 5.69 Å². The van der Waals surface area contributed by atoms with Gasteiger partial charge in [-0.25, -0.2) is 9.78 Å². The minimum absolute atomic E-state index is 0.309. The summed E-state index contributed by atoms with van der Waals surface area (Å²) >= 11 is 1.48. The first-order valence-electron chi connectivity index (χ1n) is 6.27. The fourth-order valence-electron chi connectivity index (χ4n) is 1.94. The summed E-state index contributed by atoms with van der Waals surface area (Å²) in [6, 6.07) is 11.3. The maximum atomic E-state index is 12.1. The second-order valence-electron chi connectivity index (χ2n) is 4.61. The van der Waals surface area contributed by atoms with Gasteiger partial charge in [-0.2, -0.15) is 0 Å². The number of thioether (sulfide) groups is 1. The number of carbonyl (C=O) groups excluding carboxylic acids is 1. The molecule has 1 aromatic heterocycles. The van der Waals surface area contributed by atoms with Crippen LogP contribution in [0.4, 0.5) is 0 Å². The van der Waals surface area contributed by atoms with Crippen molar-refractivity contribution in [2.75, 3.05) is 7.05 Å².